The third-order valence-corrected chi connectivity index (χ3v) is 25.2. The van der Waals surface area contributed by atoms with Crippen LogP contribution in [0.4, 0.5) is 0 Å². The van der Waals surface area contributed by atoms with E-state index in [1.807, 2.05) is 0 Å². The number of aliphatic carboxylic acids is 12. The van der Waals surface area contributed by atoms with Gasteiger partial charge in [-0.15, -0.1) is 0 Å². The largest absolute Gasteiger partial charge is 0.480 e. The van der Waals surface area contributed by atoms with Crippen molar-refractivity contribution in [3.8, 4) is 0 Å². The maximum Gasteiger partial charge on any atom is 0.317 e. The third-order valence-electron chi connectivity index (χ3n) is 25.2. The number of amides is 8. The van der Waals surface area contributed by atoms with Crippen molar-refractivity contribution in [2.75, 3.05) is 393 Å². The molecule has 0 aromatic rings. The van der Waals surface area contributed by atoms with Gasteiger partial charge in [-0.1, -0.05) is 55.4 Å². The number of rotatable bonds is 56. The average molecular weight is 2130 g/mol. The van der Waals surface area contributed by atoms with E-state index >= 15 is 38.4 Å². The molecule has 4 aliphatic rings. The van der Waals surface area contributed by atoms with Crippen LogP contribution in [0, 0.1) is 29.1 Å². The van der Waals surface area contributed by atoms with Crippen LogP contribution in [0.25, 0.3) is 0 Å². The second-order valence-electron chi connectivity index (χ2n) is 40.4. The molecule has 56 heteroatoms. The smallest absolute Gasteiger partial charge is 0.317 e. The second kappa shape index (κ2) is 69.3. The summed E-state index contributed by atoms with van der Waals surface area (Å²) in [6.45, 7) is 2.28. The minimum Gasteiger partial charge on any atom is -0.480 e. The van der Waals surface area contributed by atoms with Gasteiger partial charge in [0, 0.05) is 267 Å². The van der Waals surface area contributed by atoms with Gasteiger partial charge in [-0.2, -0.15) is 0 Å². The predicted octanol–water partition coefficient (Wildman–Crippen LogP) is -9.72. The van der Waals surface area contributed by atoms with E-state index in [-0.39, 0.29) is 259 Å². The number of nitrogens with one attached hydrogen (secondary N) is 4. The first kappa shape index (κ1) is 130. The number of hydrogen-bond acceptors (Lipinski definition) is 36. The first-order chi connectivity index (χ1) is 70.1. The molecule has 4 saturated heterocycles. The Bertz CT molecular complexity index is 3660. The van der Waals surface area contributed by atoms with Crippen LogP contribution < -0.4 is 21.3 Å². The number of carbonyl (C=O) groups excluding carboxylic acids is 8. The molecule has 16 N–H and O–H groups in total. The van der Waals surface area contributed by atoms with Crippen molar-refractivity contribution >= 4 is 119 Å². The highest BCUT2D eigenvalue weighted by molar-refractivity contribution is 5.89. The average Bonchev–Trinajstić information content (AvgIpc) is 0.859. The lowest BCUT2D eigenvalue weighted by molar-refractivity contribution is -0.141. The fourth-order valence-electron chi connectivity index (χ4n) is 17.5. The lowest BCUT2D eigenvalue weighted by Gasteiger charge is -2.37. The summed E-state index contributed by atoms with van der Waals surface area (Å²) < 4.78 is 0. The maximum absolute atomic E-state index is 15.3. The summed E-state index contributed by atoms with van der Waals surface area (Å²) in [4.78, 5) is 298. The molecule has 0 spiro atoms. The molecular weight excluding hydrogens is 1970 g/mol. The Balaban J connectivity index is 2.00. The van der Waals surface area contributed by atoms with E-state index in [9.17, 15) is 119 Å². The summed E-state index contributed by atoms with van der Waals surface area (Å²) in [5, 5.41) is 131. The van der Waals surface area contributed by atoms with Crippen LogP contribution in [0.15, 0.2) is 0 Å². The Hall–Kier alpha value is -11.2. The first-order valence-corrected chi connectivity index (χ1v) is 50.5. The van der Waals surface area contributed by atoms with E-state index in [1.165, 1.54) is 19.6 Å². The standard InChI is InChI=1S/C93H164N24O32/c1-69(2)41-114(77(122)49-98-9-17-102(53-81(126)127)25-33-110(61-89(142)143)34-26-103(18-10-98)54-82(128)129)45-73(118)94-65-93(66-95-74(119)46-115(42-70(3)4)78(123)50-99-11-19-104(55-83(130)131)27-35-111(62-90(144)145)36-28-105(20-12-99)56-84(132)133,67-96-75(120)47-116(43-71(5)6)79(124)51-100-13-21-106(57-85(134)135)29-37-112(63-91(146)147)38-30-107(22-14-100)58-86(136)137)68-97-76(121)48-117(44-72(7)8)80(125)52-101-15-23-108(59-87(138)139)31-39-113(64-92(148)149)40-32-109(24-16-101)60-88(140)141/h69-72H,9-68H2,1-8H3,(H,94,118)(H,95,119)(H,96,120)(H,97,121)(H,126,127)(H,128,129)(H,130,131)(H,132,133)(H,134,135)(H,136,137)(H,138,139)(H,140,141)(H,142,143)(H,144,145)(H,146,147)(H,148,149). The van der Waals surface area contributed by atoms with Crippen molar-refractivity contribution in [3.63, 3.8) is 0 Å². The molecule has 0 saturated carbocycles. The summed E-state index contributed by atoms with van der Waals surface area (Å²) in [7, 11) is 0. The van der Waals surface area contributed by atoms with Crippen LogP contribution in [0.3, 0.4) is 0 Å². The number of hydrogen-bond donors (Lipinski definition) is 16. The van der Waals surface area contributed by atoms with Gasteiger partial charge < -0.3 is 102 Å². The molecule has 4 fully saturated rings. The van der Waals surface area contributed by atoms with Crippen LogP contribution in [0.5, 0.6) is 0 Å². The fourth-order valence-corrected chi connectivity index (χ4v) is 17.5. The van der Waals surface area contributed by atoms with Gasteiger partial charge >= 0.3 is 71.6 Å². The molecule has 4 aliphatic heterocycles. The van der Waals surface area contributed by atoms with Gasteiger partial charge in [0.2, 0.25) is 47.3 Å². The Morgan fingerprint density at radius 1 is 0.181 bits per heavy atom. The van der Waals surface area contributed by atoms with Gasteiger partial charge in [0.05, 0.1) is 131 Å². The maximum atomic E-state index is 15.3. The second-order valence-corrected chi connectivity index (χ2v) is 40.4. The van der Waals surface area contributed by atoms with Gasteiger partial charge in [-0.3, -0.25) is 174 Å². The van der Waals surface area contributed by atoms with Gasteiger partial charge in [-0.25, -0.2) is 0 Å². The molecule has 0 unspecified atom stereocenters. The predicted molar refractivity (Wildman–Crippen MR) is 535 cm³/mol. The number of carboxylic acids is 12. The summed E-state index contributed by atoms with van der Waals surface area (Å²) in [6, 6.07) is 0. The summed E-state index contributed by atoms with van der Waals surface area (Å²) >= 11 is 0. The SMILES string of the molecule is CC(C)CN(CC(=O)NCC(CNC(=O)CN(CC(C)C)C(=O)CN1CCN(CC(=O)O)CCN(CC(=O)O)CCN(CC(=O)O)CC1)(CNC(=O)CN(CC(C)C)C(=O)CN1CCN(CC(=O)O)CCN(CC(=O)O)CCN(CC(=O)O)CC1)CNC(=O)CN(CC(C)C)C(=O)CN1CCN(CC(=O)O)CCN(CC(=O)O)CCN(CC(=O)O)CC1)C(=O)CN1CCN(CC(=O)O)CCN(CC(=O)O)CCN(CC(=O)O)CC1. The Morgan fingerprint density at radius 3 is 0.362 bits per heavy atom. The van der Waals surface area contributed by atoms with Crippen LogP contribution >= 0.6 is 0 Å². The minimum atomic E-state index is -1.90. The molecule has 0 aromatic heterocycles. The Morgan fingerprint density at radius 2 is 0.275 bits per heavy atom. The number of nitrogens with zero attached hydrogens (tertiary/aromatic N) is 20. The topological polar surface area (TPSA) is 697 Å². The van der Waals surface area contributed by atoms with E-state index in [0.717, 1.165) is 0 Å². The molecule has 0 radical (unpaired) electrons. The molecule has 4 heterocycles. The molecule has 848 valence electrons. The van der Waals surface area contributed by atoms with Gasteiger partial charge in [0.1, 0.15) is 0 Å². The van der Waals surface area contributed by atoms with E-state index < -0.39 is 281 Å². The zero-order chi connectivity index (χ0) is 111. The van der Waals surface area contributed by atoms with Crippen LogP contribution in [0.1, 0.15) is 55.4 Å². The van der Waals surface area contributed by atoms with Crippen molar-refractivity contribution in [2.45, 2.75) is 55.4 Å². The summed E-state index contributed by atoms with van der Waals surface area (Å²) in [5.74, 6) is -21.8. The summed E-state index contributed by atoms with van der Waals surface area (Å²) in [6.07, 6.45) is 0. The quantitative estimate of drug-likeness (QED) is 0.0269. The first-order valence-electron chi connectivity index (χ1n) is 50.5. The van der Waals surface area contributed by atoms with Crippen molar-refractivity contribution < 1.29 is 157 Å². The molecule has 56 nitrogen and oxygen atoms in total. The molecule has 4 rings (SSSR count). The van der Waals surface area contributed by atoms with Crippen molar-refractivity contribution in [2.24, 2.45) is 29.1 Å². The van der Waals surface area contributed by atoms with Crippen molar-refractivity contribution in [1.29, 1.82) is 0 Å². The molecule has 149 heavy (non-hydrogen) atoms. The van der Waals surface area contributed by atoms with Crippen molar-refractivity contribution in [1.82, 2.24) is 119 Å². The molecule has 0 aromatic carbocycles. The normalized spacial score (nSPS) is 18.0. The van der Waals surface area contributed by atoms with Gasteiger partial charge in [-0.05, 0) is 23.7 Å². The Kier molecular flexibility index (Phi) is 60.5. The van der Waals surface area contributed by atoms with E-state index in [4.69, 9.17) is 0 Å². The van der Waals surface area contributed by atoms with E-state index in [1.54, 1.807) is 134 Å². The van der Waals surface area contributed by atoms with E-state index in [2.05, 4.69) is 21.3 Å². The van der Waals surface area contributed by atoms with Crippen LogP contribution in [-0.4, -0.2) is 671 Å². The minimum absolute atomic E-state index is 0.00709. The highest BCUT2D eigenvalue weighted by Crippen LogP contribution is 2.18. The fraction of sp³-hybridized carbons (Fsp3) is 0.785. The zero-order valence-electron chi connectivity index (χ0n) is 87.7. The van der Waals surface area contributed by atoms with E-state index in [0.29, 0.717) is 0 Å². The number of carboxylic acid groups (broad SMARTS) is 12. The monoisotopic (exact) mass is 2130 g/mol. The van der Waals surface area contributed by atoms with Crippen molar-refractivity contribution in [3.05, 3.63) is 0 Å². The highest BCUT2D eigenvalue weighted by atomic mass is 16.4. The molecule has 8 amide bonds. The van der Waals surface area contributed by atoms with Crippen LogP contribution in [0.2, 0.25) is 0 Å². The molecule has 0 bridgehead atoms. The molecular formula is C93H164N24O32. The molecule has 0 atom stereocenters. The molecule has 0 aliphatic carbocycles. The lowest BCUT2D eigenvalue weighted by atomic mass is 9.86. The highest BCUT2D eigenvalue weighted by Gasteiger charge is 2.38. The lowest BCUT2D eigenvalue weighted by Crippen LogP contribution is -2.59. The summed E-state index contributed by atoms with van der Waals surface area (Å²) in [5.41, 5.74) is -1.90. The third kappa shape index (κ3) is 59.2. The zero-order valence-corrected chi connectivity index (χ0v) is 87.7. The number of carbonyl (C=O) groups is 20. The van der Waals surface area contributed by atoms with Gasteiger partial charge in [0.15, 0.2) is 0 Å². The Labute approximate surface area is 868 Å². The van der Waals surface area contributed by atoms with Gasteiger partial charge in [0.25, 0.3) is 0 Å². The van der Waals surface area contributed by atoms with Crippen LogP contribution in [-0.2, 0) is 95.9 Å².